The molecule has 1 fully saturated rings. The zero-order chi connectivity index (χ0) is 17.9. The van der Waals surface area contributed by atoms with Crippen LogP contribution in [-0.2, 0) is 14.6 Å². The van der Waals surface area contributed by atoms with Crippen LogP contribution < -0.4 is 0 Å². The van der Waals surface area contributed by atoms with Crippen LogP contribution in [0, 0.1) is 10.1 Å². The molecule has 9 heteroatoms. The van der Waals surface area contributed by atoms with Gasteiger partial charge in [0.25, 0.3) is 5.69 Å². The maximum Gasteiger partial charge on any atom is 0.269 e. The van der Waals surface area contributed by atoms with Crippen LogP contribution in [0.5, 0.6) is 0 Å². The lowest BCUT2D eigenvalue weighted by molar-refractivity contribution is -0.384. The van der Waals surface area contributed by atoms with Crippen LogP contribution in [0.25, 0.3) is 0 Å². The number of benzene rings is 1. The van der Waals surface area contributed by atoms with Gasteiger partial charge in [-0.25, -0.2) is 8.42 Å². The summed E-state index contributed by atoms with van der Waals surface area (Å²) < 4.78 is 22.9. The number of sulfone groups is 1. The Morgan fingerprint density at radius 1 is 1.50 bits per heavy atom. The lowest BCUT2D eigenvalue weighted by atomic mass is 10.1. The van der Waals surface area contributed by atoms with E-state index in [4.69, 9.17) is 0 Å². The Morgan fingerprint density at radius 2 is 2.21 bits per heavy atom. The summed E-state index contributed by atoms with van der Waals surface area (Å²) in [4.78, 5) is 24.2. The summed E-state index contributed by atoms with van der Waals surface area (Å²) in [5, 5.41) is 10.8. The highest BCUT2D eigenvalue weighted by Gasteiger charge is 2.29. The molecule has 2 rings (SSSR count). The quantitative estimate of drug-likeness (QED) is 0.560. The van der Waals surface area contributed by atoms with Crippen LogP contribution in [0.15, 0.2) is 24.3 Å². The Bertz CT molecular complexity index is 735. The number of thioether (sulfide) groups is 1. The molecule has 0 aliphatic carbocycles. The molecule has 0 aromatic heterocycles. The summed E-state index contributed by atoms with van der Waals surface area (Å²) in [5.41, 5.74) is 0.680. The average Bonchev–Trinajstić information content (AvgIpc) is 2.90. The molecule has 132 valence electrons. The third kappa shape index (κ3) is 4.70. The molecule has 2 atom stereocenters. The summed E-state index contributed by atoms with van der Waals surface area (Å²) in [5.74, 6) is 0.410. The van der Waals surface area contributed by atoms with Gasteiger partial charge in [-0.15, -0.1) is 11.8 Å². The second-order valence-electron chi connectivity index (χ2n) is 5.87. The number of nitrogens with zero attached hydrogens (tertiary/aromatic N) is 2. The fourth-order valence-electron chi connectivity index (χ4n) is 2.52. The van der Waals surface area contributed by atoms with E-state index >= 15 is 0 Å². The van der Waals surface area contributed by atoms with Gasteiger partial charge in [-0.05, 0) is 18.9 Å². The molecule has 7 nitrogen and oxygen atoms in total. The van der Waals surface area contributed by atoms with Crippen molar-refractivity contribution in [3.63, 3.8) is 0 Å². The van der Waals surface area contributed by atoms with Crippen molar-refractivity contribution in [2.45, 2.75) is 24.6 Å². The Morgan fingerprint density at radius 3 is 2.79 bits per heavy atom. The van der Waals surface area contributed by atoms with Gasteiger partial charge < -0.3 is 4.90 Å². The van der Waals surface area contributed by atoms with Gasteiger partial charge in [-0.3, -0.25) is 14.9 Å². The number of nitro benzene ring substituents is 1. The van der Waals surface area contributed by atoms with Gasteiger partial charge in [-0.2, -0.15) is 0 Å². The molecule has 1 aliphatic rings. The van der Waals surface area contributed by atoms with Crippen LogP contribution in [0.2, 0.25) is 0 Å². The van der Waals surface area contributed by atoms with Crippen LogP contribution in [0.1, 0.15) is 24.9 Å². The molecule has 0 saturated carbocycles. The van der Waals surface area contributed by atoms with Crippen LogP contribution >= 0.6 is 11.8 Å². The van der Waals surface area contributed by atoms with Crippen molar-refractivity contribution in [1.29, 1.82) is 0 Å². The third-order valence-electron chi connectivity index (χ3n) is 4.17. The normalized spacial score (nSPS) is 20.5. The molecular weight excluding hydrogens is 352 g/mol. The predicted molar refractivity (Wildman–Crippen MR) is 93.8 cm³/mol. The van der Waals surface area contributed by atoms with Crippen molar-refractivity contribution < 1.29 is 18.1 Å². The van der Waals surface area contributed by atoms with Crippen molar-refractivity contribution in [2.24, 2.45) is 0 Å². The second kappa shape index (κ2) is 7.52. The van der Waals surface area contributed by atoms with Crippen molar-refractivity contribution in [1.82, 2.24) is 4.90 Å². The highest BCUT2D eigenvalue weighted by Crippen LogP contribution is 2.27. The smallest absolute Gasteiger partial charge is 0.269 e. The van der Waals surface area contributed by atoms with E-state index in [2.05, 4.69) is 0 Å². The fraction of sp³-hybridized carbons (Fsp3) is 0.533. The summed E-state index contributed by atoms with van der Waals surface area (Å²) in [6.45, 7) is 1.81. The Kier molecular flexibility index (Phi) is 5.87. The molecule has 0 radical (unpaired) electrons. The molecule has 0 N–H and O–H groups in total. The molecule has 1 aromatic rings. The van der Waals surface area contributed by atoms with Crippen LogP contribution in [0.4, 0.5) is 5.69 Å². The van der Waals surface area contributed by atoms with Gasteiger partial charge >= 0.3 is 0 Å². The van der Waals surface area contributed by atoms with Crippen LogP contribution in [-0.4, -0.2) is 53.7 Å². The topological polar surface area (TPSA) is 97.6 Å². The lowest BCUT2D eigenvalue weighted by Crippen LogP contribution is -2.31. The van der Waals surface area contributed by atoms with E-state index in [1.165, 1.54) is 28.8 Å². The van der Waals surface area contributed by atoms with Gasteiger partial charge in [0.1, 0.15) is 0 Å². The molecule has 1 aromatic carbocycles. The third-order valence-corrected chi connectivity index (χ3v) is 7.44. The average molecular weight is 372 g/mol. The van der Waals surface area contributed by atoms with E-state index in [0.717, 1.165) is 0 Å². The van der Waals surface area contributed by atoms with Gasteiger partial charge in [0.05, 0.1) is 28.2 Å². The molecule has 0 unspecified atom stereocenters. The predicted octanol–water partition coefficient (Wildman–Crippen LogP) is 2.03. The van der Waals surface area contributed by atoms with E-state index in [9.17, 15) is 23.3 Å². The first-order chi connectivity index (χ1) is 11.2. The Labute approximate surface area is 145 Å². The minimum absolute atomic E-state index is 0.00858. The van der Waals surface area contributed by atoms with Crippen molar-refractivity contribution in [3.05, 3.63) is 39.9 Å². The number of non-ortho nitro benzene ring substituents is 1. The maximum atomic E-state index is 12.3. The number of rotatable bonds is 6. The number of hydrogen-bond donors (Lipinski definition) is 0. The minimum atomic E-state index is -2.95. The maximum absolute atomic E-state index is 12.3. The van der Waals surface area contributed by atoms with Gasteiger partial charge in [0.15, 0.2) is 9.84 Å². The zero-order valence-corrected chi connectivity index (χ0v) is 15.2. The van der Waals surface area contributed by atoms with E-state index < -0.39 is 14.8 Å². The fourth-order valence-corrected chi connectivity index (χ4v) is 6.09. The van der Waals surface area contributed by atoms with Crippen molar-refractivity contribution in [3.8, 4) is 0 Å². The highest BCUT2D eigenvalue weighted by molar-refractivity contribution is 8.02. The molecule has 1 aliphatic heterocycles. The monoisotopic (exact) mass is 372 g/mol. The summed E-state index contributed by atoms with van der Waals surface area (Å²) in [7, 11) is -1.29. The van der Waals surface area contributed by atoms with E-state index in [-0.39, 0.29) is 40.1 Å². The molecule has 1 heterocycles. The van der Waals surface area contributed by atoms with E-state index in [1.54, 1.807) is 19.2 Å². The first-order valence-corrected chi connectivity index (χ1v) is 10.4. The van der Waals surface area contributed by atoms with E-state index in [1.807, 2.05) is 6.92 Å². The van der Waals surface area contributed by atoms with Gasteiger partial charge in [0, 0.05) is 24.4 Å². The number of nitro groups is 1. The first kappa shape index (κ1) is 18.7. The highest BCUT2D eigenvalue weighted by atomic mass is 32.2. The van der Waals surface area contributed by atoms with Gasteiger partial charge in [-0.1, -0.05) is 12.1 Å². The number of hydrogen-bond acceptors (Lipinski definition) is 6. The SMILES string of the molecule is C[C@H](c1cccc([N+](=O)[O-])c1)N(C)C(=O)CS[C@H]1CCS(=O)(=O)C1. The molecule has 1 saturated heterocycles. The Hall–Kier alpha value is -1.61. The van der Waals surface area contributed by atoms with Crippen molar-refractivity contribution in [2.75, 3.05) is 24.3 Å². The molecule has 24 heavy (non-hydrogen) atoms. The summed E-state index contributed by atoms with van der Waals surface area (Å²) >= 11 is 1.36. The largest absolute Gasteiger partial charge is 0.338 e. The lowest BCUT2D eigenvalue weighted by Gasteiger charge is -2.25. The van der Waals surface area contributed by atoms with E-state index in [0.29, 0.717) is 12.0 Å². The minimum Gasteiger partial charge on any atom is -0.338 e. The number of amides is 1. The van der Waals surface area contributed by atoms with Gasteiger partial charge in [0.2, 0.25) is 5.91 Å². The van der Waals surface area contributed by atoms with Crippen LogP contribution in [0.3, 0.4) is 0 Å². The summed E-state index contributed by atoms with van der Waals surface area (Å²) in [6.07, 6.45) is 0.588. The molecule has 0 spiro atoms. The Balaban J connectivity index is 1.95. The number of carbonyl (C=O) groups is 1. The first-order valence-electron chi connectivity index (χ1n) is 7.51. The second-order valence-corrected chi connectivity index (χ2v) is 9.39. The standard InChI is InChI=1S/C15H20N2O5S2/c1-11(12-4-3-5-13(8-12)17(19)20)16(2)15(18)9-23-14-6-7-24(21,22)10-14/h3-5,8,11,14H,6-7,9-10H2,1-2H3/t11-,14+/m1/s1. The molecule has 0 bridgehead atoms. The number of carbonyl (C=O) groups excluding carboxylic acids is 1. The zero-order valence-electron chi connectivity index (χ0n) is 13.5. The molecule has 1 amide bonds. The summed E-state index contributed by atoms with van der Waals surface area (Å²) in [6, 6.07) is 5.92. The van der Waals surface area contributed by atoms with Crippen molar-refractivity contribution >= 4 is 33.2 Å². The molecular formula is C15H20N2O5S2.